The van der Waals surface area contributed by atoms with Gasteiger partial charge < -0.3 is 10.1 Å². The van der Waals surface area contributed by atoms with Crippen LogP contribution < -0.4 is 5.32 Å². The van der Waals surface area contributed by atoms with Crippen molar-refractivity contribution in [3.63, 3.8) is 0 Å². The summed E-state index contributed by atoms with van der Waals surface area (Å²) in [6.07, 6.45) is 0. The van der Waals surface area contributed by atoms with Gasteiger partial charge in [0.05, 0.1) is 18.2 Å². The van der Waals surface area contributed by atoms with Crippen molar-refractivity contribution >= 4 is 23.7 Å². The zero-order valence-corrected chi connectivity index (χ0v) is 11.6. The van der Waals surface area contributed by atoms with Gasteiger partial charge in [0.1, 0.15) is 12.6 Å². The van der Waals surface area contributed by atoms with Gasteiger partial charge in [-0.1, -0.05) is 12.1 Å². The predicted molar refractivity (Wildman–Crippen MR) is 71.4 cm³/mol. The van der Waals surface area contributed by atoms with E-state index in [1.54, 1.807) is 12.1 Å². The van der Waals surface area contributed by atoms with E-state index in [4.69, 9.17) is 0 Å². The number of carbonyl (C=O) groups is 4. The molecule has 1 aromatic rings. The number of benzene rings is 1. The third kappa shape index (κ3) is 2.76. The molecule has 2 rings (SSSR count). The van der Waals surface area contributed by atoms with Crippen LogP contribution in [0.1, 0.15) is 27.6 Å². The van der Waals surface area contributed by atoms with Gasteiger partial charge in [-0.2, -0.15) is 0 Å². The second-order valence-electron chi connectivity index (χ2n) is 4.55. The normalized spacial score (nSPS) is 14.7. The average molecular weight is 290 g/mol. The van der Waals surface area contributed by atoms with Crippen LogP contribution in [0.15, 0.2) is 24.3 Å². The Morgan fingerprint density at radius 1 is 1.19 bits per heavy atom. The number of fused-ring (bicyclic) bond motifs is 1. The van der Waals surface area contributed by atoms with Crippen LogP contribution in [0.2, 0.25) is 0 Å². The van der Waals surface area contributed by atoms with Crippen LogP contribution in [0, 0.1) is 0 Å². The van der Waals surface area contributed by atoms with Gasteiger partial charge in [0, 0.05) is 0 Å². The first kappa shape index (κ1) is 14.7. The van der Waals surface area contributed by atoms with Crippen LogP contribution in [0.5, 0.6) is 0 Å². The summed E-state index contributed by atoms with van der Waals surface area (Å²) in [7, 11) is 1.20. The van der Waals surface area contributed by atoms with Crippen molar-refractivity contribution in [2.45, 2.75) is 13.0 Å². The Hall–Kier alpha value is -2.70. The highest BCUT2D eigenvalue weighted by Gasteiger charge is 2.36. The van der Waals surface area contributed by atoms with Gasteiger partial charge in [-0.3, -0.25) is 19.3 Å². The topological polar surface area (TPSA) is 92.8 Å². The van der Waals surface area contributed by atoms with Crippen LogP contribution in [0.25, 0.3) is 0 Å². The van der Waals surface area contributed by atoms with Crippen LogP contribution in [-0.2, 0) is 14.3 Å². The SMILES string of the molecule is COC(=O)C(C)NC(=O)CN1C(=O)c2ccccc2C1=O. The summed E-state index contributed by atoms with van der Waals surface area (Å²) >= 11 is 0. The number of nitrogens with one attached hydrogen (secondary N) is 1. The number of ether oxygens (including phenoxy) is 1. The molecule has 7 nitrogen and oxygen atoms in total. The van der Waals surface area contributed by atoms with Gasteiger partial charge in [-0.05, 0) is 19.1 Å². The molecular formula is C14H14N2O5. The fourth-order valence-corrected chi connectivity index (χ4v) is 2.05. The Kier molecular flexibility index (Phi) is 4.02. The second kappa shape index (κ2) is 5.74. The van der Waals surface area contributed by atoms with Crippen molar-refractivity contribution in [2.24, 2.45) is 0 Å². The molecule has 1 heterocycles. The molecule has 1 aliphatic rings. The predicted octanol–water partition coefficient (Wildman–Crippen LogP) is -0.0397. The molecule has 0 spiro atoms. The van der Waals surface area contributed by atoms with Crippen molar-refractivity contribution in [2.75, 3.05) is 13.7 Å². The number of hydrogen-bond acceptors (Lipinski definition) is 5. The molecule has 1 N–H and O–H groups in total. The maximum atomic E-state index is 12.1. The lowest BCUT2D eigenvalue weighted by molar-refractivity contribution is -0.144. The number of rotatable bonds is 4. The number of methoxy groups -OCH3 is 1. The fourth-order valence-electron chi connectivity index (χ4n) is 2.05. The summed E-state index contributed by atoms with van der Waals surface area (Å²) in [5.74, 6) is -2.25. The molecule has 0 aliphatic carbocycles. The molecule has 0 saturated heterocycles. The molecule has 21 heavy (non-hydrogen) atoms. The highest BCUT2D eigenvalue weighted by Crippen LogP contribution is 2.21. The summed E-state index contributed by atoms with van der Waals surface area (Å²) in [6, 6.07) is 5.51. The van der Waals surface area contributed by atoms with E-state index >= 15 is 0 Å². The van der Waals surface area contributed by atoms with Crippen molar-refractivity contribution in [1.82, 2.24) is 10.2 Å². The van der Waals surface area contributed by atoms with Gasteiger partial charge in [0.25, 0.3) is 11.8 Å². The number of nitrogens with zero attached hydrogens (tertiary/aromatic N) is 1. The number of hydrogen-bond donors (Lipinski definition) is 1. The summed E-state index contributed by atoms with van der Waals surface area (Å²) in [5.41, 5.74) is 0.549. The lowest BCUT2D eigenvalue weighted by Gasteiger charge is -2.16. The first-order valence-electron chi connectivity index (χ1n) is 6.28. The first-order valence-corrected chi connectivity index (χ1v) is 6.28. The van der Waals surface area contributed by atoms with Crippen LogP contribution in [0.3, 0.4) is 0 Å². The third-order valence-corrected chi connectivity index (χ3v) is 3.11. The molecule has 3 amide bonds. The third-order valence-electron chi connectivity index (χ3n) is 3.11. The van der Waals surface area contributed by atoms with Crippen LogP contribution >= 0.6 is 0 Å². The Labute approximate surface area is 120 Å². The zero-order chi connectivity index (χ0) is 15.6. The van der Waals surface area contributed by atoms with Gasteiger partial charge in [-0.15, -0.1) is 0 Å². The lowest BCUT2D eigenvalue weighted by Crippen LogP contribution is -2.46. The van der Waals surface area contributed by atoms with Crippen molar-refractivity contribution in [3.05, 3.63) is 35.4 Å². The molecule has 1 atom stereocenters. The summed E-state index contributed by atoms with van der Waals surface area (Å²) in [4.78, 5) is 48.0. The molecule has 0 fully saturated rings. The number of esters is 1. The molecule has 110 valence electrons. The Morgan fingerprint density at radius 3 is 2.19 bits per heavy atom. The maximum absolute atomic E-state index is 12.1. The number of imide groups is 1. The Bertz CT molecular complexity index is 591. The van der Waals surface area contributed by atoms with E-state index in [1.807, 2.05) is 0 Å². The van der Waals surface area contributed by atoms with E-state index in [0.717, 1.165) is 4.90 Å². The summed E-state index contributed by atoms with van der Waals surface area (Å²) in [6.45, 7) is 1.01. The van der Waals surface area contributed by atoms with Crippen molar-refractivity contribution < 1.29 is 23.9 Å². The zero-order valence-electron chi connectivity index (χ0n) is 11.6. The molecular weight excluding hydrogens is 276 g/mol. The molecule has 0 saturated carbocycles. The van der Waals surface area contributed by atoms with Crippen molar-refractivity contribution in [3.8, 4) is 0 Å². The van der Waals surface area contributed by atoms with E-state index in [9.17, 15) is 19.2 Å². The smallest absolute Gasteiger partial charge is 0.328 e. The van der Waals surface area contributed by atoms with Gasteiger partial charge >= 0.3 is 5.97 Å². The van der Waals surface area contributed by atoms with Crippen molar-refractivity contribution in [1.29, 1.82) is 0 Å². The fraction of sp³-hybridized carbons (Fsp3) is 0.286. The Morgan fingerprint density at radius 2 is 1.71 bits per heavy atom. The number of carbonyl (C=O) groups excluding carboxylic acids is 4. The monoisotopic (exact) mass is 290 g/mol. The molecule has 0 radical (unpaired) electrons. The largest absolute Gasteiger partial charge is 0.467 e. The standard InChI is InChI=1S/C14H14N2O5/c1-8(14(20)21-2)15-11(17)7-16-12(18)9-5-3-4-6-10(9)13(16)19/h3-6,8H,7H2,1-2H3,(H,15,17). The molecule has 1 aliphatic heterocycles. The minimum atomic E-state index is -0.849. The number of amides is 3. The van der Waals surface area contributed by atoms with E-state index in [0.29, 0.717) is 0 Å². The first-order chi connectivity index (χ1) is 9.95. The van der Waals surface area contributed by atoms with E-state index in [-0.39, 0.29) is 11.1 Å². The Balaban J connectivity index is 2.05. The quantitative estimate of drug-likeness (QED) is 0.620. The minimum Gasteiger partial charge on any atom is -0.467 e. The summed E-state index contributed by atoms with van der Waals surface area (Å²) < 4.78 is 4.47. The molecule has 1 aromatic carbocycles. The molecule has 1 unspecified atom stereocenters. The van der Waals surface area contributed by atoms with E-state index < -0.39 is 36.3 Å². The van der Waals surface area contributed by atoms with Gasteiger partial charge in [-0.25, -0.2) is 4.79 Å². The maximum Gasteiger partial charge on any atom is 0.328 e. The average Bonchev–Trinajstić information content (AvgIpc) is 2.72. The minimum absolute atomic E-state index is 0.274. The molecule has 7 heteroatoms. The highest BCUT2D eigenvalue weighted by atomic mass is 16.5. The van der Waals surface area contributed by atoms with E-state index in [2.05, 4.69) is 10.1 Å². The van der Waals surface area contributed by atoms with Crippen LogP contribution in [-0.4, -0.2) is 48.3 Å². The van der Waals surface area contributed by atoms with E-state index in [1.165, 1.54) is 26.2 Å². The van der Waals surface area contributed by atoms with Gasteiger partial charge in [0.2, 0.25) is 5.91 Å². The summed E-state index contributed by atoms with van der Waals surface area (Å²) in [5, 5.41) is 2.37. The highest BCUT2D eigenvalue weighted by molar-refractivity contribution is 6.22. The lowest BCUT2D eigenvalue weighted by atomic mass is 10.1. The van der Waals surface area contributed by atoms with Gasteiger partial charge in [0.15, 0.2) is 0 Å². The molecule has 0 bridgehead atoms. The van der Waals surface area contributed by atoms with Crippen LogP contribution in [0.4, 0.5) is 0 Å². The molecule has 0 aromatic heterocycles. The second-order valence-corrected chi connectivity index (χ2v) is 4.55.